The molecule has 5 heteroatoms. The smallest absolute Gasteiger partial charge is 0.114 e. The molecule has 2 N–H and O–H groups in total. The molecule has 4 nitrogen and oxygen atoms in total. The number of aromatic nitrogens is 3. The highest BCUT2D eigenvalue weighted by molar-refractivity contribution is 7.09. The van der Waals surface area contributed by atoms with Crippen molar-refractivity contribution in [1.29, 1.82) is 0 Å². The van der Waals surface area contributed by atoms with Gasteiger partial charge in [-0.25, -0.2) is 4.98 Å². The lowest BCUT2D eigenvalue weighted by Gasteiger charge is -2.00. The van der Waals surface area contributed by atoms with Crippen LogP contribution in [0.1, 0.15) is 10.7 Å². The molecule has 0 aliphatic carbocycles. The SMILES string of the molecule is Cc1c(N)cnn1Cc1nccs1. The van der Waals surface area contributed by atoms with Crippen molar-refractivity contribution < 1.29 is 0 Å². The highest BCUT2D eigenvalue weighted by Crippen LogP contribution is 2.12. The predicted octanol–water partition coefficient (Wildman–Crippen LogP) is 1.28. The van der Waals surface area contributed by atoms with Crippen LogP contribution in [0.25, 0.3) is 0 Å². The van der Waals surface area contributed by atoms with Gasteiger partial charge in [-0.3, -0.25) is 4.68 Å². The average molecular weight is 194 g/mol. The molecule has 0 spiro atoms. The number of rotatable bonds is 2. The van der Waals surface area contributed by atoms with Crippen LogP contribution in [0.15, 0.2) is 17.8 Å². The van der Waals surface area contributed by atoms with Gasteiger partial charge in [0.2, 0.25) is 0 Å². The molecular formula is C8H10N4S. The topological polar surface area (TPSA) is 56.7 Å². The number of anilines is 1. The Bertz CT molecular complexity index is 390. The zero-order valence-corrected chi connectivity index (χ0v) is 8.08. The minimum absolute atomic E-state index is 0.709. The Morgan fingerprint density at radius 3 is 3.00 bits per heavy atom. The highest BCUT2D eigenvalue weighted by Gasteiger charge is 2.04. The van der Waals surface area contributed by atoms with Gasteiger partial charge in [0.1, 0.15) is 5.01 Å². The van der Waals surface area contributed by atoms with E-state index in [2.05, 4.69) is 10.1 Å². The Labute approximate surface area is 80.0 Å². The third kappa shape index (κ3) is 1.55. The molecule has 68 valence electrons. The van der Waals surface area contributed by atoms with Gasteiger partial charge in [-0.05, 0) is 6.92 Å². The lowest BCUT2D eigenvalue weighted by molar-refractivity contribution is 0.662. The van der Waals surface area contributed by atoms with Crippen molar-refractivity contribution in [3.63, 3.8) is 0 Å². The fourth-order valence-electron chi connectivity index (χ4n) is 1.08. The Kier molecular flexibility index (Phi) is 2.02. The third-order valence-corrected chi connectivity index (χ3v) is 2.67. The van der Waals surface area contributed by atoms with Crippen LogP contribution in [-0.2, 0) is 6.54 Å². The van der Waals surface area contributed by atoms with Crippen molar-refractivity contribution in [2.75, 3.05) is 5.73 Å². The van der Waals surface area contributed by atoms with E-state index in [1.54, 1.807) is 23.7 Å². The molecule has 0 amide bonds. The lowest BCUT2D eigenvalue weighted by atomic mass is 10.4. The molecule has 2 rings (SSSR count). The van der Waals surface area contributed by atoms with Crippen LogP contribution in [0.2, 0.25) is 0 Å². The van der Waals surface area contributed by atoms with E-state index >= 15 is 0 Å². The van der Waals surface area contributed by atoms with Crippen LogP contribution in [0.4, 0.5) is 5.69 Å². The van der Waals surface area contributed by atoms with E-state index in [4.69, 9.17) is 5.73 Å². The van der Waals surface area contributed by atoms with Gasteiger partial charge in [0, 0.05) is 11.6 Å². The zero-order chi connectivity index (χ0) is 9.26. The Morgan fingerprint density at radius 1 is 1.62 bits per heavy atom. The largest absolute Gasteiger partial charge is 0.396 e. The van der Waals surface area contributed by atoms with E-state index < -0.39 is 0 Å². The monoisotopic (exact) mass is 194 g/mol. The number of hydrogen-bond donors (Lipinski definition) is 1. The van der Waals surface area contributed by atoms with Gasteiger partial charge in [0.05, 0.1) is 24.1 Å². The van der Waals surface area contributed by atoms with Gasteiger partial charge in [-0.2, -0.15) is 5.10 Å². The second-order valence-electron chi connectivity index (χ2n) is 2.77. The molecule has 2 heterocycles. The van der Waals surface area contributed by atoms with E-state index in [9.17, 15) is 0 Å². The van der Waals surface area contributed by atoms with Crippen molar-refractivity contribution in [2.45, 2.75) is 13.5 Å². The maximum Gasteiger partial charge on any atom is 0.114 e. The summed E-state index contributed by atoms with van der Waals surface area (Å²) in [5.41, 5.74) is 7.40. The van der Waals surface area contributed by atoms with E-state index in [1.165, 1.54) is 0 Å². The van der Waals surface area contributed by atoms with Crippen LogP contribution < -0.4 is 5.73 Å². The molecular weight excluding hydrogens is 184 g/mol. The molecule has 2 aromatic rings. The predicted molar refractivity (Wildman–Crippen MR) is 52.6 cm³/mol. The molecule has 0 radical (unpaired) electrons. The zero-order valence-electron chi connectivity index (χ0n) is 7.27. The molecule has 0 atom stereocenters. The van der Waals surface area contributed by atoms with Crippen LogP contribution in [-0.4, -0.2) is 14.8 Å². The van der Waals surface area contributed by atoms with Gasteiger partial charge in [-0.15, -0.1) is 11.3 Å². The van der Waals surface area contributed by atoms with Crippen LogP contribution in [0.3, 0.4) is 0 Å². The summed E-state index contributed by atoms with van der Waals surface area (Å²) in [6.45, 7) is 2.66. The number of nitrogen functional groups attached to an aromatic ring is 1. The first-order valence-corrected chi connectivity index (χ1v) is 4.81. The summed E-state index contributed by atoms with van der Waals surface area (Å²) in [7, 11) is 0. The molecule has 13 heavy (non-hydrogen) atoms. The van der Waals surface area contributed by atoms with E-state index in [1.807, 2.05) is 17.0 Å². The summed E-state index contributed by atoms with van der Waals surface area (Å²) in [6, 6.07) is 0. The Balaban J connectivity index is 2.24. The molecule has 0 aliphatic rings. The second kappa shape index (κ2) is 3.18. The standard InChI is InChI=1S/C8H10N4S/c1-6-7(9)4-11-12(6)5-8-10-2-3-13-8/h2-4H,5,9H2,1H3. The summed E-state index contributed by atoms with van der Waals surface area (Å²) in [5.74, 6) is 0. The third-order valence-electron chi connectivity index (χ3n) is 1.91. The number of thiazole rings is 1. The van der Waals surface area contributed by atoms with Crippen molar-refractivity contribution in [3.05, 3.63) is 28.5 Å². The lowest BCUT2D eigenvalue weighted by Crippen LogP contribution is -2.03. The highest BCUT2D eigenvalue weighted by atomic mass is 32.1. The molecule has 0 bridgehead atoms. The van der Waals surface area contributed by atoms with Gasteiger partial charge in [0.25, 0.3) is 0 Å². The van der Waals surface area contributed by atoms with E-state index in [0.717, 1.165) is 16.4 Å². The summed E-state index contributed by atoms with van der Waals surface area (Å²) in [4.78, 5) is 4.18. The minimum atomic E-state index is 0.709. The average Bonchev–Trinajstić information content (AvgIpc) is 2.71. The fraction of sp³-hybridized carbons (Fsp3) is 0.250. The quantitative estimate of drug-likeness (QED) is 0.783. The minimum Gasteiger partial charge on any atom is -0.396 e. The molecule has 0 unspecified atom stereocenters. The van der Waals surface area contributed by atoms with Crippen LogP contribution in [0.5, 0.6) is 0 Å². The summed E-state index contributed by atoms with van der Waals surface area (Å²) in [5, 5.41) is 7.15. The number of hydrogen-bond acceptors (Lipinski definition) is 4. The van der Waals surface area contributed by atoms with E-state index in [-0.39, 0.29) is 0 Å². The van der Waals surface area contributed by atoms with E-state index in [0.29, 0.717) is 6.54 Å². The van der Waals surface area contributed by atoms with Crippen molar-refractivity contribution in [1.82, 2.24) is 14.8 Å². The molecule has 0 saturated heterocycles. The van der Waals surface area contributed by atoms with Crippen LogP contribution in [0, 0.1) is 6.92 Å². The first-order valence-electron chi connectivity index (χ1n) is 3.93. The van der Waals surface area contributed by atoms with Gasteiger partial charge in [0.15, 0.2) is 0 Å². The Hall–Kier alpha value is -1.36. The first-order chi connectivity index (χ1) is 6.27. The number of nitrogens with two attached hydrogens (primary N) is 1. The summed E-state index contributed by atoms with van der Waals surface area (Å²) in [6.07, 6.45) is 3.46. The Morgan fingerprint density at radius 2 is 2.46 bits per heavy atom. The molecule has 0 saturated carbocycles. The van der Waals surface area contributed by atoms with Crippen molar-refractivity contribution >= 4 is 17.0 Å². The molecule has 0 fully saturated rings. The molecule has 0 aromatic carbocycles. The maximum absolute atomic E-state index is 5.67. The summed E-state index contributed by atoms with van der Waals surface area (Å²) >= 11 is 1.62. The van der Waals surface area contributed by atoms with Gasteiger partial charge < -0.3 is 5.73 Å². The van der Waals surface area contributed by atoms with Crippen molar-refractivity contribution in [3.8, 4) is 0 Å². The van der Waals surface area contributed by atoms with Crippen LogP contribution >= 0.6 is 11.3 Å². The number of nitrogens with zero attached hydrogens (tertiary/aromatic N) is 3. The second-order valence-corrected chi connectivity index (χ2v) is 3.75. The fourth-order valence-corrected chi connectivity index (χ4v) is 1.68. The van der Waals surface area contributed by atoms with Crippen molar-refractivity contribution in [2.24, 2.45) is 0 Å². The maximum atomic E-state index is 5.67. The normalized spacial score (nSPS) is 10.5. The molecule has 2 aromatic heterocycles. The van der Waals surface area contributed by atoms with Gasteiger partial charge in [-0.1, -0.05) is 0 Å². The molecule has 0 aliphatic heterocycles. The first kappa shape index (κ1) is 8.25. The van der Waals surface area contributed by atoms with Gasteiger partial charge >= 0.3 is 0 Å². The summed E-state index contributed by atoms with van der Waals surface area (Å²) < 4.78 is 1.86.